The second kappa shape index (κ2) is 6.14. The molecule has 1 aliphatic carbocycles. The van der Waals surface area contributed by atoms with E-state index in [2.05, 4.69) is 61.8 Å². The first-order chi connectivity index (χ1) is 10.7. The Labute approximate surface area is 159 Å². The second-order valence-corrected chi connectivity index (χ2v) is 12.4. The molecule has 3 aromatic carbocycles. The molecule has 0 aliphatic heterocycles. The van der Waals surface area contributed by atoms with Gasteiger partial charge in [0.2, 0.25) is 0 Å². The SMILES string of the molecule is O=C1C=c2c(c3ccc([I-]Br)cc3c3cc([I-]Br)ccc23)=C1. The van der Waals surface area contributed by atoms with Crippen LogP contribution < -0.4 is 48.4 Å². The summed E-state index contributed by atoms with van der Waals surface area (Å²) >= 11 is 7.05. The Morgan fingerprint density at radius 1 is 0.682 bits per heavy atom. The van der Waals surface area contributed by atoms with Gasteiger partial charge in [-0.1, -0.05) is 0 Å². The van der Waals surface area contributed by atoms with Crippen molar-refractivity contribution in [1.82, 2.24) is 0 Å². The molecule has 0 saturated heterocycles. The third kappa shape index (κ3) is 2.48. The predicted octanol–water partition coefficient (Wildman–Crippen LogP) is -2.73. The van der Waals surface area contributed by atoms with E-state index in [0.29, 0.717) is 0 Å². The summed E-state index contributed by atoms with van der Waals surface area (Å²) in [5, 5.41) is 7.04. The van der Waals surface area contributed by atoms with Crippen molar-refractivity contribution < 1.29 is 42.8 Å². The molecule has 0 radical (unpaired) electrons. The number of fused-ring (bicyclic) bond motifs is 6. The van der Waals surface area contributed by atoms with Crippen LogP contribution >= 0.6 is 25.4 Å². The average molecular weight is 642 g/mol. The topological polar surface area (TPSA) is 17.1 Å². The molecule has 5 heteroatoms. The molecule has 0 fully saturated rings. The van der Waals surface area contributed by atoms with E-state index in [9.17, 15) is 4.79 Å². The normalized spacial score (nSPS) is 13.6. The summed E-state index contributed by atoms with van der Waals surface area (Å²) in [4.78, 5) is 11.9. The third-order valence-corrected chi connectivity index (χ3v) is 10.8. The third-order valence-electron chi connectivity index (χ3n) is 3.86. The molecule has 0 heterocycles. The van der Waals surface area contributed by atoms with Gasteiger partial charge >= 0.3 is 162 Å². The molecule has 0 amide bonds. The summed E-state index contributed by atoms with van der Waals surface area (Å²) < 4.78 is 2.72. The molecule has 0 bridgehead atoms. The van der Waals surface area contributed by atoms with Crippen LogP contribution in [-0.4, -0.2) is 5.78 Å². The Balaban J connectivity index is 2.31. The molecule has 4 rings (SSSR count). The van der Waals surface area contributed by atoms with Crippen LogP contribution in [0.5, 0.6) is 0 Å². The van der Waals surface area contributed by atoms with Gasteiger partial charge < -0.3 is 0 Å². The van der Waals surface area contributed by atoms with Crippen LogP contribution in [0.3, 0.4) is 0 Å². The monoisotopic (exact) mass is 640 g/mol. The van der Waals surface area contributed by atoms with Crippen LogP contribution in [0.4, 0.5) is 0 Å². The number of halogens is 4. The van der Waals surface area contributed by atoms with E-state index in [1.54, 1.807) is 12.2 Å². The van der Waals surface area contributed by atoms with E-state index < -0.39 is 0 Å². The average Bonchev–Trinajstić information content (AvgIpc) is 2.95. The van der Waals surface area contributed by atoms with E-state index in [1.807, 2.05) is 0 Å². The quantitative estimate of drug-likeness (QED) is 0.220. The zero-order valence-electron chi connectivity index (χ0n) is 11.0. The first-order valence-electron chi connectivity index (χ1n) is 6.50. The van der Waals surface area contributed by atoms with Crippen LogP contribution in [0.15, 0.2) is 36.4 Å². The Kier molecular flexibility index (Phi) is 4.34. The van der Waals surface area contributed by atoms with Gasteiger partial charge in [0, 0.05) is 0 Å². The van der Waals surface area contributed by atoms with Gasteiger partial charge in [0.25, 0.3) is 0 Å². The van der Waals surface area contributed by atoms with Crippen molar-refractivity contribution in [2.75, 3.05) is 0 Å². The molecule has 0 spiro atoms. The van der Waals surface area contributed by atoms with Crippen molar-refractivity contribution in [3.63, 3.8) is 0 Å². The van der Waals surface area contributed by atoms with Crippen LogP contribution in [0.1, 0.15) is 0 Å². The molecule has 0 unspecified atom stereocenters. The maximum absolute atomic E-state index is 11.9. The van der Waals surface area contributed by atoms with Gasteiger partial charge in [-0.15, -0.1) is 0 Å². The van der Waals surface area contributed by atoms with Gasteiger partial charge in [0.15, 0.2) is 0 Å². The minimum atomic E-state index is -0.124. The Bertz CT molecular complexity index is 989. The Morgan fingerprint density at radius 3 is 1.55 bits per heavy atom. The standard InChI is InChI=1S/C17H8Br2I2O/c18-20-9-1-3-12-14(5-9)15-6-10(21-19)2-4-13(15)17-8-11(22)7-16(12)17/h1-8H/q-2. The summed E-state index contributed by atoms with van der Waals surface area (Å²) in [7, 11) is 0. The number of carbonyl (C=O) groups excluding carboxylic acids is 1. The first kappa shape index (κ1) is 15.5. The fourth-order valence-corrected chi connectivity index (χ4v) is 6.96. The molecule has 22 heavy (non-hydrogen) atoms. The number of hydrogen-bond donors (Lipinski definition) is 0. The summed E-state index contributed by atoms with van der Waals surface area (Å²) in [6, 6.07) is 13.3. The van der Waals surface area contributed by atoms with Gasteiger partial charge in [0.1, 0.15) is 0 Å². The molecule has 112 valence electrons. The van der Waals surface area contributed by atoms with E-state index in [4.69, 9.17) is 0 Å². The molecule has 0 saturated carbocycles. The number of carbonyl (C=O) groups is 1. The summed E-state index contributed by atoms with van der Waals surface area (Å²) in [5.74, 6) is 0.0952. The van der Waals surface area contributed by atoms with Gasteiger partial charge in [-0.25, -0.2) is 0 Å². The van der Waals surface area contributed by atoms with Crippen molar-refractivity contribution in [3.8, 4) is 0 Å². The van der Waals surface area contributed by atoms with Crippen molar-refractivity contribution in [3.05, 3.63) is 54.0 Å². The van der Waals surface area contributed by atoms with Crippen molar-refractivity contribution in [1.29, 1.82) is 0 Å². The molecule has 3 aromatic rings. The first-order valence-corrected chi connectivity index (χ1v) is 18.3. The molecule has 0 atom stereocenters. The molecule has 0 aromatic heterocycles. The van der Waals surface area contributed by atoms with Crippen molar-refractivity contribution in [2.45, 2.75) is 0 Å². The second-order valence-electron chi connectivity index (χ2n) is 5.04. The molecule has 0 N–H and O–H groups in total. The molecule has 1 aliphatic rings. The van der Waals surface area contributed by atoms with E-state index in [1.165, 1.54) is 28.7 Å². The molecular formula is C17H8Br2I2O-2. The Hall–Kier alpha value is 0.01000. The number of rotatable bonds is 2. The number of Topliss-reactive ketones (excluding diaryl/α,β-unsaturated/α-hetero) is 1. The van der Waals surface area contributed by atoms with Crippen LogP contribution in [0.25, 0.3) is 33.7 Å². The zero-order chi connectivity index (χ0) is 15.3. The predicted molar refractivity (Wildman–Crippen MR) is 89.9 cm³/mol. The summed E-state index contributed by atoms with van der Waals surface area (Å²) in [6.45, 7) is 0. The van der Waals surface area contributed by atoms with E-state index >= 15 is 0 Å². The van der Waals surface area contributed by atoms with E-state index in [-0.39, 0.29) is 43.7 Å². The van der Waals surface area contributed by atoms with Gasteiger partial charge in [-0.2, -0.15) is 0 Å². The minimum absolute atomic E-state index is 0.0952. The van der Waals surface area contributed by atoms with E-state index in [0.717, 1.165) is 10.4 Å². The fraction of sp³-hybridized carbons (Fsp3) is 0. The summed E-state index contributed by atoms with van der Waals surface area (Å²) in [5.41, 5.74) is 0. The Morgan fingerprint density at radius 2 is 1.14 bits per heavy atom. The van der Waals surface area contributed by atoms with Gasteiger partial charge in [-0.3, -0.25) is 0 Å². The summed E-state index contributed by atoms with van der Waals surface area (Å²) in [6.07, 6.45) is 3.54. The molecular weight excluding hydrogens is 634 g/mol. The number of benzene rings is 3. The number of ketones is 1. The van der Waals surface area contributed by atoms with Crippen molar-refractivity contribution in [2.24, 2.45) is 0 Å². The molecule has 1 nitrogen and oxygen atoms in total. The fourth-order valence-electron chi connectivity index (χ4n) is 2.96. The van der Waals surface area contributed by atoms with Crippen LogP contribution in [-0.2, 0) is 4.79 Å². The maximum atomic E-state index is 11.9. The van der Waals surface area contributed by atoms with Crippen LogP contribution in [0.2, 0.25) is 0 Å². The number of hydrogen-bond acceptors (Lipinski definition) is 1. The van der Waals surface area contributed by atoms with Gasteiger partial charge in [0.05, 0.1) is 0 Å². The van der Waals surface area contributed by atoms with Gasteiger partial charge in [-0.05, 0) is 0 Å². The zero-order valence-corrected chi connectivity index (χ0v) is 18.5. The van der Waals surface area contributed by atoms with Crippen molar-refractivity contribution >= 4 is 64.9 Å². The van der Waals surface area contributed by atoms with Crippen LogP contribution in [0, 0.1) is 7.14 Å².